The van der Waals surface area contributed by atoms with Gasteiger partial charge in [-0.15, -0.1) is 0 Å². The maximum atomic E-state index is 13.0. The van der Waals surface area contributed by atoms with Crippen LogP contribution in [0.4, 0.5) is 0 Å². The lowest BCUT2D eigenvalue weighted by atomic mass is 10.1. The number of pyridine rings is 1. The molecule has 1 atom stereocenters. The zero-order valence-electron chi connectivity index (χ0n) is 17.7. The zero-order valence-corrected chi connectivity index (χ0v) is 17.7. The van der Waals surface area contributed by atoms with Crippen LogP contribution in [0.1, 0.15) is 65.1 Å². The highest BCUT2D eigenvalue weighted by atomic mass is 16.5. The van der Waals surface area contributed by atoms with E-state index in [2.05, 4.69) is 15.1 Å². The van der Waals surface area contributed by atoms with Crippen LogP contribution in [-0.4, -0.2) is 50.6 Å². The predicted molar refractivity (Wildman–Crippen MR) is 112 cm³/mol. The van der Waals surface area contributed by atoms with Gasteiger partial charge in [-0.2, -0.15) is 0 Å². The Balaban J connectivity index is 1.34. The highest BCUT2D eigenvalue weighted by Gasteiger charge is 2.29. The fraction of sp³-hybridized carbons (Fsp3) is 0.435. The van der Waals surface area contributed by atoms with Gasteiger partial charge >= 0.3 is 0 Å². The Bertz CT molecular complexity index is 1090. The van der Waals surface area contributed by atoms with Gasteiger partial charge in [0.05, 0.1) is 41.4 Å². The third-order valence-corrected chi connectivity index (χ3v) is 5.83. The van der Waals surface area contributed by atoms with Crippen LogP contribution in [0.2, 0.25) is 0 Å². The van der Waals surface area contributed by atoms with Crippen LogP contribution >= 0.6 is 0 Å². The average molecular weight is 419 g/mol. The van der Waals surface area contributed by atoms with E-state index in [1.807, 2.05) is 32.0 Å². The van der Waals surface area contributed by atoms with Crippen molar-refractivity contribution in [2.75, 3.05) is 19.7 Å². The molecule has 1 saturated carbocycles. The summed E-state index contributed by atoms with van der Waals surface area (Å²) in [5.74, 6) is 2.05. The summed E-state index contributed by atoms with van der Waals surface area (Å²) in [7, 11) is 0. The molecule has 0 spiro atoms. The quantitative estimate of drug-likeness (QED) is 0.625. The fourth-order valence-corrected chi connectivity index (χ4v) is 3.95. The van der Waals surface area contributed by atoms with Gasteiger partial charge < -0.3 is 14.2 Å². The Hall–Kier alpha value is -3.13. The van der Waals surface area contributed by atoms with Crippen molar-refractivity contribution in [3.05, 3.63) is 59.1 Å². The second kappa shape index (κ2) is 8.19. The molecule has 1 amide bonds. The topological polar surface area (TPSA) is 94.2 Å². The lowest BCUT2D eigenvalue weighted by Crippen LogP contribution is -2.42. The number of amides is 1. The Morgan fingerprint density at radius 3 is 2.77 bits per heavy atom. The molecule has 0 bridgehead atoms. The second-order valence-electron chi connectivity index (χ2n) is 8.08. The number of hydrogen-bond acceptors (Lipinski definition) is 7. The minimum absolute atomic E-state index is 0.0741. The van der Waals surface area contributed by atoms with Crippen molar-refractivity contribution in [3.63, 3.8) is 0 Å². The van der Waals surface area contributed by atoms with Crippen LogP contribution < -0.4 is 0 Å². The number of carbonyl (C=O) groups is 1. The minimum atomic E-state index is -0.297. The van der Waals surface area contributed by atoms with Gasteiger partial charge in [0, 0.05) is 31.3 Å². The largest absolute Gasteiger partial charge is 0.368 e. The van der Waals surface area contributed by atoms with Crippen LogP contribution in [0.15, 0.2) is 35.1 Å². The molecule has 160 valence electrons. The smallest absolute Gasteiger partial charge is 0.257 e. The van der Waals surface area contributed by atoms with Crippen LogP contribution in [0.5, 0.6) is 0 Å². The number of nitrogens with zero attached hydrogens (tertiary/aromatic N) is 5. The second-order valence-corrected chi connectivity index (χ2v) is 8.08. The lowest BCUT2D eigenvalue weighted by Gasteiger charge is -2.32. The van der Waals surface area contributed by atoms with Crippen LogP contribution in [0, 0.1) is 6.92 Å². The van der Waals surface area contributed by atoms with E-state index >= 15 is 0 Å². The fourth-order valence-electron chi connectivity index (χ4n) is 3.95. The van der Waals surface area contributed by atoms with Gasteiger partial charge in [0.25, 0.3) is 5.91 Å². The summed E-state index contributed by atoms with van der Waals surface area (Å²) < 4.78 is 11.4. The first kappa shape index (κ1) is 19.8. The van der Waals surface area contributed by atoms with Crippen molar-refractivity contribution >= 4 is 5.91 Å². The molecule has 3 aromatic rings. The van der Waals surface area contributed by atoms with E-state index < -0.39 is 0 Å². The molecule has 3 aromatic heterocycles. The summed E-state index contributed by atoms with van der Waals surface area (Å²) in [5.41, 5.74) is 3.86. The van der Waals surface area contributed by atoms with Gasteiger partial charge in [0.2, 0.25) is 0 Å². The first-order chi connectivity index (χ1) is 15.1. The molecule has 31 heavy (non-hydrogen) atoms. The van der Waals surface area contributed by atoms with Gasteiger partial charge in [0.15, 0.2) is 0 Å². The summed E-state index contributed by atoms with van der Waals surface area (Å²) in [6.07, 6.45) is 6.01. The molecule has 1 aliphatic heterocycles. The minimum Gasteiger partial charge on any atom is -0.368 e. The van der Waals surface area contributed by atoms with Crippen molar-refractivity contribution in [1.82, 2.24) is 25.0 Å². The summed E-state index contributed by atoms with van der Waals surface area (Å²) in [4.78, 5) is 28.4. The molecule has 2 fully saturated rings. The van der Waals surface area contributed by atoms with E-state index in [0.717, 1.165) is 53.5 Å². The molecular weight excluding hydrogens is 394 g/mol. The Kier molecular flexibility index (Phi) is 5.23. The Labute approximate surface area is 180 Å². The molecular formula is C23H25N5O3. The third-order valence-electron chi connectivity index (χ3n) is 5.83. The van der Waals surface area contributed by atoms with E-state index in [0.29, 0.717) is 31.2 Å². The van der Waals surface area contributed by atoms with Crippen LogP contribution in [-0.2, 0) is 11.2 Å². The standard InChI is InChI=1S/C23H25N5O3/c1-3-19-21(14(2)27-31-19)18-6-4-5-17(26-18)20-13-28(9-10-30-20)23(29)16-11-24-22(25-12-16)15-7-8-15/h4-6,11-12,15,20H,3,7-10,13H2,1-2H3. The van der Waals surface area contributed by atoms with Crippen molar-refractivity contribution in [2.24, 2.45) is 0 Å². The molecule has 0 N–H and O–H groups in total. The molecule has 1 saturated heterocycles. The van der Waals surface area contributed by atoms with E-state index in [-0.39, 0.29) is 12.0 Å². The van der Waals surface area contributed by atoms with Gasteiger partial charge in [-0.3, -0.25) is 4.79 Å². The van der Waals surface area contributed by atoms with E-state index in [1.54, 1.807) is 17.3 Å². The molecule has 4 heterocycles. The predicted octanol–water partition coefficient (Wildman–Crippen LogP) is 3.49. The summed E-state index contributed by atoms with van der Waals surface area (Å²) in [5, 5.41) is 4.08. The SMILES string of the molecule is CCc1onc(C)c1-c1cccc(C2CN(C(=O)c3cnc(C4CC4)nc3)CCO2)n1. The highest BCUT2D eigenvalue weighted by molar-refractivity contribution is 5.93. The first-order valence-corrected chi connectivity index (χ1v) is 10.8. The highest BCUT2D eigenvalue weighted by Crippen LogP contribution is 2.37. The van der Waals surface area contributed by atoms with Crippen molar-refractivity contribution < 1.29 is 14.1 Å². The summed E-state index contributed by atoms with van der Waals surface area (Å²) >= 11 is 0. The molecule has 0 radical (unpaired) electrons. The molecule has 0 aromatic carbocycles. The van der Waals surface area contributed by atoms with E-state index in [9.17, 15) is 4.79 Å². The number of morpholine rings is 1. The van der Waals surface area contributed by atoms with Crippen LogP contribution in [0.25, 0.3) is 11.3 Å². The van der Waals surface area contributed by atoms with E-state index in [1.165, 1.54) is 0 Å². The average Bonchev–Trinajstić information content (AvgIpc) is 3.60. The summed E-state index contributed by atoms with van der Waals surface area (Å²) in [6, 6.07) is 5.84. The molecule has 8 nitrogen and oxygen atoms in total. The van der Waals surface area contributed by atoms with Crippen LogP contribution in [0.3, 0.4) is 0 Å². The monoisotopic (exact) mass is 419 g/mol. The van der Waals surface area contributed by atoms with Gasteiger partial charge in [-0.05, 0) is 31.9 Å². The normalized spacial score (nSPS) is 18.9. The van der Waals surface area contributed by atoms with E-state index in [4.69, 9.17) is 14.2 Å². The Morgan fingerprint density at radius 1 is 1.23 bits per heavy atom. The lowest BCUT2D eigenvalue weighted by molar-refractivity contribution is -0.0247. The number of aromatic nitrogens is 4. The third kappa shape index (κ3) is 3.95. The Morgan fingerprint density at radius 2 is 2.03 bits per heavy atom. The molecule has 2 aliphatic rings. The van der Waals surface area contributed by atoms with Crippen molar-refractivity contribution in [2.45, 2.75) is 45.1 Å². The molecule has 5 rings (SSSR count). The molecule has 1 unspecified atom stereocenters. The first-order valence-electron chi connectivity index (χ1n) is 10.8. The molecule has 1 aliphatic carbocycles. The van der Waals surface area contributed by atoms with Gasteiger partial charge in [-0.1, -0.05) is 18.1 Å². The van der Waals surface area contributed by atoms with Crippen molar-refractivity contribution in [1.29, 1.82) is 0 Å². The number of carbonyl (C=O) groups excluding carboxylic acids is 1. The summed E-state index contributed by atoms with van der Waals surface area (Å²) in [6.45, 7) is 5.37. The van der Waals surface area contributed by atoms with Crippen molar-refractivity contribution in [3.8, 4) is 11.3 Å². The maximum absolute atomic E-state index is 13.0. The number of hydrogen-bond donors (Lipinski definition) is 0. The number of ether oxygens (including phenoxy) is 1. The molecule has 8 heteroatoms. The van der Waals surface area contributed by atoms with Gasteiger partial charge in [0.1, 0.15) is 17.7 Å². The maximum Gasteiger partial charge on any atom is 0.257 e. The number of aryl methyl sites for hydroxylation is 2. The van der Waals surface area contributed by atoms with Gasteiger partial charge in [-0.25, -0.2) is 15.0 Å². The number of rotatable bonds is 5. The zero-order chi connectivity index (χ0) is 21.4.